The smallest absolute Gasteiger partial charge is 0.0371 e. The molecule has 0 aromatic heterocycles. The molecule has 1 aliphatic carbocycles. The molecular weight excluding hydrogens is 276 g/mol. The maximum absolute atomic E-state index is 6.02. The van der Waals surface area contributed by atoms with E-state index in [0.717, 1.165) is 22.6 Å². The van der Waals surface area contributed by atoms with Crippen molar-refractivity contribution in [3.05, 3.63) is 28.2 Å². The van der Waals surface area contributed by atoms with Gasteiger partial charge in [0, 0.05) is 23.2 Å². The van der Waals surface area contributed by atoms with E-state index >= 15 is 0 Å². The number of nitrogen functional groups attached to an aromatic ring is 1. The molecule has 1 aromatic carbocycles. The number of hydrogen-bond acceptors (Lipinski definition) is 2. The van der Waals surface area contributed by atoms with Crippen molar-refractivity contribution in [2.75, 3.05) is 19.3 Å². The van der Waals surface area contributed by atoms with Gasteiger partial charge in [-0.3, -0.25) is 0 Å². The molecule has 0 aliphatic heterocycles. The van der Waals surface area contributed by atoms with Crippen LogP contribution in [0.4, 0.5) is 5.69 Å². The highest BCUT2D eigenvalue weighted by Crippen LogP contribution is 2.26. The third kappa shape index (κ3) is 3.71. The molecule has 1 saturated carbocycles. The number of rotatable bonds is 4. The zero-order chi connectivity index (χ0) is 12.3. The van der Waals surface area contributed by atoms with E-state index in [1.54, 1.807) is 0 Å². The van der Waals surface area contributed by atoms with Crippen LogP contribution in [0.5, 0.6) is 0 Å². The van der Waals surface area contributed by atoms with Crippen molar-refractivity contribution in [2.24, 2.45) is 5.92 Å². The maximum atomic E-state index is 6.02. The van der Waals surface area contributed by atoms with Crippen molar-refractivity contribution in [3.8, 4) is 0 Å². The van der Waals surface area contributed by atoms with Gasteiger partial charge in [-0.25, -0.2) is 0 Å². The van der Waals surface area contributed by atoms with Crippen LogP contribution < -0.4 is 5.73 Å². The van der Waals surface area contributed by atoms with Gasteiger partial charge in [-0.1, -0.05) is 34.8 Å². The molecule has 0 atom stereocenters. The van der Waals surface area contributed by atoms with Crippen LogP contribution in [0.1, 0.15) is 31.2 Å². The molecule has 2 nitrogen and oxygen atoms in total. The molecule has 0 saturated heterocycles. The third-order valence-corrected chi connectivity index (χ3v) is 4.09. The van der Waals surface area contributed by atoms with Crippen molar-refractivity contribution < 1.29 is 0 Å². The summed E-state index contributed by atoms with van der Waals surface area (Å²) >= 11 is 3.44. The molecule has 0 amide bonds. The lowest BCUT2D eigenvalue weighted by molar-refractivity contribution is 0.271. The first-order valence-electron chi connectivity index (χ1n) is 6.37. The summed E-state index contributed by atoms with van der Waals surface area (Å²) in [5, 5.41) is 0. The van der Waals surface area contributed by atoms with Crippen molar-refractivity contribution >= 4 is 21.6 Å². The number of hydrogen-bond donors (Lipinski definition) is 1. The first-order chi connectivity index (χ1) is 8.15. The molecule has 1 aromatic rings. The predicted octanol–water partition coefficient (Wildman–Crippen LogP) is 3.65. The number of nitrogens with zero attached hydrogens (tertiary/aromatic N) is 1. The van der Waals surface area contributed by atoms with Gasteiger partial charge in [-0.05, 0) is 43.5 Å². The van der Waals surface area contributed by atoms with Gasteiger partial charge in [-0.15, -0.1) is 0 Å². The van der Waals surface area contributed by atoms with Crippen molar-refractivity contribution in [3.63, 3.8) is 0 Å². The van der Waals surface area contributed by atoms with Crippen molar-refractivity contribution in [1.82, 2.24) is 4.90 Å². The Morgan fingerprint density at radius 2 is 2.06 bits per heavy atom. The minimum Gasteiger partial charge on any atom is -0.398 e. The Morgan fingerprint density at radius 1 is 1.35 bits per heavy atom. The SMILES string of the molecule is CN(Cc1ccc(Br)cc1N)CC1CCCC1. The van der Waals surface area contributed by atoms with E-state index in [1.807, 2.05) is 6.07 Å². The lowest BCUT2D eigenvalue weighted by Crippen LogP contribution is -2.24. The van der Waals surface area contributed by atoms with Gasteiger partial charge in [0.2, 0.25) is 0 Å². The highest BCUT2D eigenvalue weighted by atomic mass is 79.9. The molecule has 0 radical (unpaired) electrons. The molecule has 17 heavy (non-hydrogen) atoms. The Labute approximate surface area is 112 Å². The van der Waals surface area contributed by atoms with Gasteiger partial charge < -0.3 is 10.6 Å². The second-order valence-corrected chi connectivity index (χ2v) is 6.11. The van der Waals surface area contributed by atoms with Gasteiger partial charge in [-0.2, -0.15) is 0 Å². The highest BCUT2D eigenvalue weighted by molar-refractivity contribution is 9.10. The second-order valence-electron chi connectivity index (χ2n) is 5.19. The summed E-state index contributed by atoms with van der Waals surface area (Å²) in [7, 11) is 2.19. The van der Waals surface area contributed by atoms with Crippen molar-refractivity contribution in [1.29, 1.82) is 0 Å². The van der Waals surface area contributed by atoms with Crippen LogP contribution in [0.25, 0.3) is 0 Å². The Kier molecular flexibility index (Phi) is 4.46. The van der Waals surface area contributed by atoms with Crippen molar-refractivity contribution in [2.45, 2.75) is 32.2 Å². The highest BCUT2D eigenvalue weighted by Gasteiger charge is 2.17. The largest absolute Gasteiger partial charge is 0.398 e. The topological polar surface area (TPSA) is 29.3 Å². The van der Waals surface area contributed by atoms with E-state index in [9.17, 15) is 0 Å². The first kappa shape index (κ1) is 12.9. The van der Waals surface area contributed by atoms with Crippen LogP contribution in [-0.2, 0) is 6.54 Å². The quantitative estimate of drug-likeness (QED) is 0.860. The summed E-state index contributed by atoms with van der Waals surface area (Å²) in [5.41, 5.74) is 8.14. The van der Waals surface area contributed by atoms with Gasteiger partial charge in [0.05, 0.1) is 0 Å². The summed E-state index contributed by atoms with van der Waals surface area (Å²) in [6, 6.07) is 6.17. The average Bonchev–Trinajstić information content (AvgIpc) is 2.75. The first-order valence-corrected chi connectivity index (χ1v) is 7.17. The number of anilines is 1. The molecule has 3 heteroatoms. The fourth-order valence-electron chi connectivity index (χ4n) is 2.70. The lowest BCUT2D eigenvalue weighted by atomic mass is 10.1. The van der Waals surface area contributed by atoms with Crippen LogP contribution >= 0.6 is 15.9 Å². The monoisotopic (exact) mass is 296 g/mol. The molecule has 2 rings (SSSR count). The Morgan fingerprint density at radius 3 is 2.71 bits per heavy atom. The third-order valence-electron chi connectivity index (χ3n) is 3.59. The predicted molar refractivity (Wildman–Crippen MR) is 76.8 cm³/mol. The fraction of sp³-hybridized carbons (Fsp3) is 0.571. The normalized spacial score (nSPS) is 16.9. The number of benzene rings is 1. The Bertz CT molecular complexity index is 372. The average molecular weight is 297 g/mol. The molecule has 0 spiro atoms. The molecule has 94 valence electrons. The van der Waals surface area contributed by atoms with Crippen LogP contribution in [0.15, 0.2) is 22.7 Å². The number of halogens is 1. The molecule has 1 aliphatic rings. The Balaban J connectivity index is 1.90. The second kappa shape index (κ2) is 5.87. The lowest BCUT2D eigenvalue weighted by Gasteiger charge is -2.21. The van der Waals surface area contributed by atoms with E-state index in [2.05, 4.69) is 40.0 Å². The fourth-order valence-corrected chi connectivity index (χ4v) is 3.08. The minimum atomic E-state index is 0.887. The van der Waals surface area contributed by atoms with Gasteiger partial charge in [0.15, 0.2) is 0 Å². The maximum Gasteiger partial charge on any atom is 0.0371 e. The Hall–Kier alpha value is -0.540. The molecular formula is C14H21BrN2. The zero-order valence-electron chi connectivity index (χ0n) is 10.5. The van der Waals surface area contributed by atoms with E-state index in [-0.39, 0.29) is 0 Å². The number of nitrogens with two attached hydrogens (primary N) is 1. The standard InChI is InChI=1S/C14H21BrN2/c1-17(9-11-4-2-3-5-11)10-12-6-7-13(15)8-14(12)16/h6-8,11H,2-5,9-10,16H2,1H3. The van der Waals surface area contributed by atoms with E-state index in [4.69, 9.17) is 5.73 Å². The molecule has 0 heterocycles. The van der Waals surface area contributed by atoms with Crippen LogP contribution in [0.3, 0.4) is 0 Å². The van der Waals surface area contributed by atoms with E-state index < -0.39 is 0 Å². The van der Waals surface area contributed by atoms with Crippen LogP contribution in [0, 0.1) is 5.92 Å². The molecule has 2 N–H and O–H groups in total. The summed E-state index contributed by atoms with van der Waals surface area (Å²) in [6.45, 7) is 2.16. The van der Waals surface area contributed by atoms with Crippen LogP contribution in [-0.4, -0.2) is 18.5 Å². The van der Waals surface area contributed by atoms with Gasteiger partial charge in [0.25, 0.3) is 0 Å². The van der Waals surface area contributed by atoms with Gasteiger partial charge >= 0.3 is 0 Å². The summed E-state index contributed by atoms with van der Waals surface area (Å²) in [4.78, 5) is 2.40. The minimum absolute atomic E-state index is 0.887. The zero-order valence-corrected chi connectivity index (χ0v) is 12.0. The summed E-state index contributed by atoms with van der Waals surface area (Å²) < 4.78 is 1.05. The molecule has 1 fully saturated rings. The molecule has 0 bridgehead atoms. The van der Waals surface area contributed by atoms with E-state index in [1.165, 1.54) is 37.8 Å². The summed E-state index contributed by atoms with van der Waals surface area (Å²) in [5.74, 6) is 0.900. The molecule has 0 unspecified atom stereocenters. The van der Waals surface area contributed by atoms with Gasteiger partial charge in [0.1, 0.15) is 0 Å². The van der Waals surface area contributed by atoms with E-state index in [0.29, 0.717) is 0 Å². The summed E-state index contributed by atoms with van der Waals surface area (Å²) in [6.07, 6.45) is 5.64. The van der Waals surface area contributed by atoms with Crippen LogP contribution in [0.2, 0.25) is 0 Å².